The normalized spacial score (nSPS) is 20.4. The molecule has 1 fully saturated rings. The summed E-state index contributed by atoms with van der Waals surface area (Å²) in [4.78, 5) is 17.3. The average molecular weight is 416 g/mol. The van der Waals surface area contributed by atoms with E-state index in [4.69, 9.17) is 0 Å². The lowest BCUT2D eigenvalue weighted by atomic mass is 9.94. The zero-order chi connectivity index (χ0) is 21.3. The number of hydrogen-bond donors (Lipinski definition) is 1. The molecule has 1 aliphatic heterocycles. The predicted octanol–water partition coefficient (Wildman–Crippen LogP) is 3.93. The van der Waals surface area contributed by atoms with Gasteiger partial charge in [-0.05, 0) is 74.9 Å². The molecule has 2 atom stereocenters. The van der Waals surface area contributed by atoms with Crippen LogP contribution in [-0.4, -0.2) is 36.7 Å². The van der Waals surface area contributed by atoms with Gasteiger partial charge in [0.1, 0.15) is 0 Å². The van der Waals surface area contributed by atoms with Crippen LogP contribution in [0.25, 0.3) is 0 Å². The number of hydrogen-bond acceptors (Lipinski definition) is 4. The van der Waals surface area contributed by atoms with Crippen LogP contribution in [0.1, 0.15) is 47.6 Å². The average Bonchev–Trinajstić information content (AvgIpc) is 2.63. The predicted molar refractivity (Wildman–Crippen MR) is 115 cm³/mol. The van der Waals surface area contributed by atoms with Crippen molar-refractivity contribution in [1.29, 1.82) is 0 Å². The maximum Gasteiger partial charge on any atom is 0.255 e. The van der Waals surface area contributed by atoms with E-state index in [1.807, 2.05) is 26.8 Å². The number of rotatable bonds is 4. The number of benzene rings is 1. The molecule has 2 aromatic rings. The quantitative estimate of drug-likeness (QED) is 0.821. The molecule has 1 saturated heterocycles. The number of aromatic nitrogens is 1. The van der Waals surface area contributed by atoms with Crippen LogP contribution < -0.4 is 5.32 Å². The van der Waals surface area contributed by atoms with Crippen molar-refractivity contribution in [1.82, 2.24) is 9.29 Å². The Kier molecular flexibility index (Phi) is 6.10. The highest BCUT2D eigenvalue weighted by atomic mass is 32.2. The van der Waals surface area contributed by atoms with E-state index in [2.05, 4.69) is 24.1 Å². The summed E-state index contributed by atoms with van der Waals surface area (Å²) < 4.78 is 27.5. The van der Waals surface area contributed by atoms with Gasteiger partial charge in [0.05, 0.1) is 16.3 Å². The van der Waals surface area contributed by atoms with E-state index in [0.717, 1.165) is 23.4 Å². The number of aryl methyl sites for hydroxylation is 3. The standard InChI is InChI=1S/C22H29N3O3S/c1-14-10-15(2)13-25(12-14)29(27,28)20-8-6-19(7-9-20)22(26)24-21-16(3)11-17(4)23-18(21)5/h6-9,11,14-15H,10,12-13H2,1-5H3,(H,24,26). The number of sulfonamides is 1. The van der Waals surface area contributed by atoms with Gasteiger partial charge < -0.3 is 5.32 Å². The van der Waals surface area contributed by atoms with Gasteiger partial charge in [0.15, 0.2) is 0 Å². The van der Waals surface area contributed by atoms with Crippen LogP contribution >= 0.6 is 0 Å². The number of nitrogens with zero attached hydrogens (tertiary/aromatic N) is 2. The molecular weight excluding hydrogens is 386 g/mol. The fourth-order valence-electron chi connectivity index (χ4n) is 4.13. The van der Waals surface area contributed by atoms with E-state index in [9.17, 15) is 13.2 Å². The second-order valence-corrected chi connectivity index (χ2v) is 10.2. The van der Waals surface area contributed by atoms with E-state index in [1.165, 1.54) is 12.1 Å². The Balaban J connectivity index is 1.78. The second-order valence-electron chi connectivity index (χ2n) is 8.29. The number of anilines is 1. The van der Waals surface area contributed by atoms with E-state index in [0.29, 0.717) is 36.2 Å². The Labute approximate surface area is 173 Å². The molecule has 1 N–H and O–H groups in total. The van der Waals surface area contributed by atoms with E-state index >= 15 is 0 Å². The number of carbonyl (C=O) groups excluding carboxylic acids is 1. The highest BCUT2D eigenvalue weighted by Gasteiger charge is 2.31. The molecule has 0 saturated carbocycles. The summed E-state index contributed by atoms with van der Waals surface area (Å²) in [6.07, 6.45) is 1.04. The van der Waals surface area contributed by atoms with Gasteiger partial charge in [0, 0.05) is 24.3 Å². The topological polar surface area (TPSA) is 79.4 Å². The summed E-state index contributed by atoms with van der Waals surface area (Å²) in [6.45, 7) is 10.9. The Hall–Kier alpha value is -2.25. The summed E-state index contributed by atoms with van der Waals surface area (Å²) in [6, 6.07) is 8.07. The Bertz CT molecular complexity index is 983. The fourth-order valence-corrected chi connectivity index (χ4v) is 5.81. The SMILES string of the molecule is Cc1cc(C)c(NC(=O)c2ccc(S(=O)(=O)N3CC(C)CC(C)C3)cc2)c(C)n1. The van der Waals surface area contributed by atoms with Gasteiger partial charge in [-0.25, -0.2) is 8.42 Å². The highest BCUT2D eigenvalue weighted by molar-refractivity contribution is 7.89. The molecule has 1 amide bonds. The Morgan fingerprint density at radius 3 is 2.21 bits per heavy atom. The zero-order valence-corrected chi connectivity index (χ0v) is 18.5. The minimum absolute atomic E-state index is 0.222. The van der Waals surface area contributed by atoms with Crippen molar-refractivity contribution in [3.8, 4) is 0 Å². The molecule has 156 valence electrons. The molecule has 1 aliphatic rings. The van der Waals surface area contributed by atoms with Crippen LogP contribution in [0, 0.1) is 32.6 Å². The van der Waals surface area contributed by atoms with Gasteiger partial charge in [-0.2, -0.15) is 4.31 Å². The Morgan fingerprint density at radius 2 is 1.66 bits per heavy atom. The van der Waals surface area contributed by atoms with Crippen molar-refractivity contribution in [2.45, 2.75) is 45.9 Å². The molecule has 7 heteroatoms. The first-order chi connectivity index (χ1) is 13.6. The first-order valence-electron chi connectivity index (χ1n) is 9.94. The number of piperidine rings is 1. The lowest BCUT2D eigenvalue weighted by molar-refractivity contribution is 0.102. The summed E-state index contributed by atoms with van der Waals surface area (Å²) in [5.74, 6) is 0.396. The molecular formula is C22H29N3O3S. The molecule has 0 radical (unpaired) electrons. The summed E-state index contributed by atoms with van der Waals surface area (Å²) in [7, 11) is -3.56. The van der Waals surface area contributed by atoms with Crippen molar-refractivity contribution in [3.63, 3.8) is 0 Å². The molecule has 0 spiro atoms. The summed E-state index contributed by atoms with van der Waals surface area (Å²) in [5.41, 5.74) is 3.69. The van der Waals surface area contributed by atoms with Gasteiger partial charge >= 0.3 is 0 Å². The maximum absolute atomic E-state index is 13.0. The first-order valence-corrected chi connectivity index (χ1v) is 11.4. The van der Waals surface area contributed by atoms with Crippen LogP contribution in [0.4, 0.5) is 5.69 Å². The van der Waals surface area contributed by atoms with Crippen LogP contribution in [0.15, 0.2) is 35.2 Å². The number of amides is 1. The van der Waals surface area contributed by atoms with Crippen molar-refractivity contribution in [2.24, 2.45) is 11.8 Å². The fraction of sp³-hybridized carbons (Fsp3) is 0.455. The highest BCUT2D eigenvalue weighted by Crippen LogP contribution is 2.27. The van der Waals surface area contributed by atoms with Crippen LogP contribution in [0.2, 0.25) is 0 Å². The van der Waals surface area contributed by atoms with Crippen LogP contribution in [0.3, 0.4) is 0 Å². The molecule has 0 bridgehead atoms. The monoisotopic (exact) mass is 415 g/mol. The zero-order valence-electron chi connectivity index (χ0n) is 17.7. The maximum atomic E-state index is 13.0. The molecule has 1 aromatic carbocycles. The minimum atomic E-state index is -3.56. The second kappa shape index (κ2) is 8.24. The molecule has 29 heavy (non-hydrogen) atoms. The molecule has 6 nitrogen and oxygen atoms in total. The van der Waals surface area contributed by atoms with Gasteiger partial charge in [-0.15, -0.1) is 0 Å². The van der Waals surface area contributed by atoms with Gasteiger partial charge in [-0.1, -0.05) is 13.8 Å². The van der Waals surface area contributed by atoms with Crippen LogP contribution in [-0.2, 0) is 10.0 Å². The third-order valence-corrected chi connectivity index (χ3v) is 7.20. The molecule has 0 aliphatic carbocycles. The lowest BCUT2D eigenvalue weighted by Crippen LogP contribution is -2.42. The van der Waals surface area contributed by atoms with E-state index < -0.39 is 10.0 Å². The molecule has 2 heterocycles. The van der Waals surface area contributed by atoms with Crippen molar-refractivity contribution in [3.05, 3.63) is 52.8 Å². The molecule has 1 aromatic heterocycles. The number of carbonyl (C=O) groups is 1. The van der Waals surface area contributed by atoms with Crippen molar-refractivity contribution >= 4 is 21.6 Å². The lowest BCUT2D eigenvalue weighted by Gasteiger charge is -2.34. The van der Waals surface area contributed by atoms with E-state index in [1.54, 1.807) is 16.4 Å². The van der Waals surface area contributed by atoms with Crippen molar-refractivity contribution < 1.29 is 13.2 Å². The van der Waals surface area contributed by atoms with E-state index in [-0.39, 0.29) is 10.8 Å². The first kappa shape index (κ1) is 21.5. The number of nitrogens with one attached hydrogen (secondary N) is 1. The third-order valence-electron chi connectivity index (χ3n) is 5.35. The smallest absolute Gasteiger partial charge is 0.255 e. The minimum Gasteiger partial charge on any atom is -0.320 e. The number of pyridine rings is 1. The van der Waals surface area contributed by atoms with Crippen LogP contribution in [0.5, 0.6) is 0 Å². The van der Waals surface area contributed by atoms with Gasteiger partial charge in [0.2, 0.25) is 10.0 Å². The molecule has 3 rings (SSSR count). The van der Waals surface area contributed by atoms with Crippen molar-refractivity contribution in [2.75, 3.05) is 18.4 Å². The molecule has 2 unspecified atom stereocenters. The van der Waals surface area contributed by atoms with Gasteiger partial charge in [-0.3, -0.25) is 9.78 Å². The summed E-state index contributed by atoms with van der Waals surface area (Å²) in [5, 5.41) is 2.89. The Morgan fingerprint density at radius 1 is 1.07 bits per heavy atom. The summed E-state index contributed by atoms with van der Waals surface area (Å²) >= 11 is 0. The third kappa shape index (κ3) is 4.67. The largest absolute Gasteiger partial charge is 0.320 e. The van der Waals surface area contributed by atoms with Gasteiger partial charge in [0.25, 0.3) is 5.91 Å².